The van der Waals surface area contributed by atoms with Crippen molar-refractivity contribution in [2.24, 2.45) is 5.92 Å². The minimum atomic E-state index is -5.08. The van der Waals surface area contributed by atoms with Crippen molar-refractivity contribution in [3.63, 3.8) is 0 Å². The van der Waals surface area contributed by atoms with Gasteiger partial charge in [-0.1, -0.05) is 0 Å². The molecule has 1 atom stereocenters. The Morgan fingerprint density at radius 2 is 1.81 bits per heavy atom. The number of nitrogens with zero attached hydrogens (tertiary/aromatic N) is 4. The van der Waals surface area contributed by atoms with Gasteiger partial charge in [-0.15, -0.1) is 0 Å². The number of carboxylic acid groups (broad SMARTS) is 2. The molecule has 1 aromatic rings. The van der Waals surface area contributed by atoms with Crippen molar-refractivity contribution in [2.45, 2.75) is 45.3 Å². The Balaban J connectivity index is 0.000000592. The molecule has 31 heavy (non-hydrogen) atoms. The molecule has 0 spiro atoms. The van der Waals surface area contributed by atoms with Gasteiger partial charge in [0, 0.05) is 32.1 Å². The first-order valence-corrected chi connectivity index (χ1v) is 9.56. The SMILES string of the molecule is CC(C)Nc1nc(NCCO)nc(N2CCC[C@H](CC(=O)O)C2)n1.O=C(O)C(F)(F)F. The molecule has 0 amide bonds. The van der Waals surface area contributed by atoms with Crippen LogP contribution in [0.5, 0.6) is 0 Å². The summed E-state index contributed by atoms with van der Waals surface area (Å²) < 4.78 is 31.7. The highest BCUT2D eigenvalue weighted by Gasteiger charge is 2.38. The molecular weight excluding hydrogens is 425 g/mol. The van der Waals surface area contributed by atoms with E-state index in [1.54, 1.807) is 0 Å². The Labute approximate surface area is 176 Å². The molecule has 11 nitrogen and oxygen atoms in total. The molecule has 14 heteroatoms. The maximum atomic E-state index is 11.0. The quantitative estimate of drug-likeness (QED) is 0.388. The second-order valence-corrected chi connectivity index (χ2v) is 7.09. The molecule has 2 rings (SSSR count). The van der Waals surface area contributed by atoms with Crippen LogP contribution in [0.4, 0.5) is 31.0 Å². The van der Waals surface area contributed by atoms with E-state index in [-0.39, 0.29) is 25.0 Å². The molecule has 1 aliphatic heterocycles. The van der Waals surface area contributed by atoms with Gasteiger partial charge in [-0.2, -0.15) is 28.1 Å². The molecule has 0 bridgehead atoms. The molecule has 0 radical (unpaired) electrons. The maximum absolute atomic E-state index is 11.0. The summed E-state index contributed by atoms with van der Waals surface area (Å²) in [6, 6.07) is 0.173. The molecule has 0 aromatic carbocycles. The lowest BCUT2D eigenvalue weighted by atomic mass is 9.95. The first-order chi connectivity index (χ1) is 14.4. The van der Waals surface area contributed by atoms with Crippen molar-refractivity contribution in [3.8, 4) is 0 Å². The average Bonchev–Trinajstić information content (AvgIpc) is 2.65. The number of alkyl halides is 3. The van der Waals surface area contributed by atoms with Crippen LogP contribution < -0.4 is 15.5 Å². The van der Waals surface area contributed by atoms with Gasteiger partial charge in [-0.3, -0.25) is 4.79 Å². The van der Waals surface area contributed by atoms with Gasteiger partial charge < -0.3 is 30.9 Å². The van der Waals surface area contributed by atoms with E-state index < -0.39 is 18.1 Å². The van der Waals surface area contributed by atoms with Gasteiger partial charge in [0.25, 0.3) is 0 Å². The summed E-state index contributed by atoms with van der Waals surface area (Å²) in [5.74, 6) is -2.03. The highest BCUT2D eigenvalue weighted by atomic mass is 19.4. The monoisotopic (exact) mass is 452 g/mol. The second kappa shape index (κ2) is 12.1. The van der Waals surface area contributed by atoms with Crippen LogP contribution in [0.3, 0.4) is 0 Å². The lowest BCUT2D eigenvalue weighted by molar-refractivity contribution is -0.192. The Morgan fingerprint density at radius 1 is 1.19 bits per heavy atom. The van der Waals surface area contributed by atoms with Gasteiger partial charge >= 0.3 is 18.1 Å². The van der Waals surface area contributed by atoms with Gasteiger partial charge in [0.15, 0.2) is 0 Å². The number of halogens is 3. The van der Waals surface area contributed by atoms with E-state index >= 15 is 0 Å². The van der Waals surface area contributed by atoms with E-state index in [0.717, 1.165) is 19.4 Å². The summed E-state index contributed by atoms with van der Waals surface area (Å²) in [4.78, 5) is 35.0. The van der Waals surface area contributed by atoms with Crippen LogP contribution in [0, 0.1) is 5.92 Å². The molecular formula is C17H27F3N6O5. The van der Waals surface area contributed by atoms with Gasteiger partial charge in [-0.05, 0) is 32.6 Å². The molecule has 1 aromatic heterocycles. The fourth-order valence-corrected chi connectivity index (χ4v) is 2.74. The third-order valence-electron chi connectivity index (χ3n) is 3.94. The largest absolute Gasteiger partial charge is 0.490 e. The highest BCUT2D eigenvalue weighted by molar-refractivity contribution is 5.73. The zero-order valence-corrected chi connectivity index (χ0v) is 17.2. The van der Waals surface area contributed by atoms with Crippen molar-refractivity contribution in [1.82, 2.24) is 15.0 Å². The standard InChI is InChI=1S/C15H26N6O3.C2HF3O2/c1-10(2)17-14-18-13(16-5-7-22)19-15(20-14)21-6-3-4-11(9-21)8-12(23)24;3-2(4,5)1(6)7/h10-11,22H,3-9H2,1-2H3,(H,23,24)(H2,16,17,18,19,20);(H,6,7)/t11-;/m1./s1. The van der Waals surface area contributed by atoms with Crippen molar-refractivity contribution in [3.05, 3.63) is 0 Å². The van der Waals surface area contributed by atoms with Crippen LogP contribution in [0.1, 0.15) is 33.1 Å². The average molecular weight is 452 g/mol. The van der Waals surface area contributed by atoms with Gasteiger partial charge in [-0.25, -0.2) is 4.79 Å². The predicted molar refractivity (Wildman–Crippen MR) is 105 cm³/mol. The Morgan fingerprint density at radius 3 is 2.32 bits per heavy atom. The third-order valence-corrected chi connectivity index (χ3v) is 3.94. The number of anilines is 3. The van der Waals surface area contributed by atoms with Crippen molar-refractivity contribution in [1.29, 1.82) is 0 Å². The van der Waals surface area contributed by atoms with Crippen LogP contribution in [0.25, 0.3) is 0 Å². The summed E-state index contributed by atoms with van der Waals surface area (Å²) >= 11 is 0. The fourth-order valence-electron chi connectivity index (χ4n) is 2.74. The summed E-state index contributed by atoms with van der Waals surface area (Å²) in [6.45, 7) is 5.74. The number of aliphatic hydroxyl groups excluding tert-OH is 1. The number of hydrogen-bond acceptors (Lipinski definition) is 9. The predicted octanol–water partition coefficient (Wildman–Crippen LogP) is 1.42. The molecule has 5 N–H and O–H groups in total. The summed E-state index contributed by atoms with van der Waals surface area (Å²) in [5, 5.41) is 31.2. The first-order valence-electron chi connectivity index (χ1n) is 9.56. The van der Waals surface area contributed by atoms with Crippen molar-refractivity contribution >= 4 is 29.8 Å². The number of aliphatic carboxylic acids is 2. The van der Waals surface area contributed by atoms with Gasteiger partial charge in [0.1, 0.15) is 0 Å². The molecule has 176 valence electrons. The van der Waals surface area contributed by atoms with E-state index in [0.29, 0.717) is 30.9 Å². The van der Waals surface area contributed by atoms with E-state index in [1.165, 1.54) is 0 Å². The van der Waals surface area contributed by atoms with Gasteiger partial charge in [0.2, 0.25) is 17.8 Å². The summed E-state index contributed by atoms with van der Waals surface area (Å²) in [7, 11) is 0. The molecule has 0 aliphatic carbocycles. The molecule has 1 aliphatic rings. The summed E-state index contributed by atoms with van der Waals surface area (Å²) in [5.41, 5.74) is 0. The number of hydrogen-bond donors (Lipinski definition) is 5. The van der Waals surface area contributed by atoms with Crippen LogP contribution in [0.2, 0.25) is 0 Å². The van der Waals surface area contributed by atoms with E-state index in [1.807, 2.05) is 18.7 Å². The lowest BCUT2D eigenvalue weighted by Crippen LogP contribution is -2.37. The first kappa shape index (κ1) is 26.1. The second-order valence-electron chi connectivity index (χ2n) is 7.09. The Kier molecular flexibility index (Phi) is 10.2. The number of carbonyl (C=O) groups is 2. The Bertz CT molecular complexity index is 735. The number of rotatable bonds is 8. The zero-order chi connectivity index (χ0) is 23.6. The molecule has 1 saturated heterocycles. The number of aliphatic hydroxyl groups is 1. The van der Waals surface area contributed by atoms with Crippen LogP contribution in [-0.4, -0.2) is 80.7 Å². The molecule has 0 unspecified atom stereocenters. The topological polar surface area (TPSA) is 161 Å². The van der Waals surface area contributed by atoms with Gasteiger partial charge in [0.05, 0.1) is 6.61 Å². The number of piperidine rings is 1. The molecule has 2 heterocycles. The zero-order valence-electron chi connectivity index (χ0n) is 17.2. The normalized spacial score (nSPS) is 16.4. The molecule has 1 fully saturated rings. The summed E-state index contributed by atoms with van der Waals surface area (Å²) in [6.07, 6.45) is -3.11. The molecule has 0 saturated carbocycles. The number of aromatic nitrogens is 3. The van der Waals surface area contributed by atoms with E-state index in [4.69, 9.17) is 20.1 Å². The van der Waals surface area contributed by atoms with Crippen molar-refractivity contribution < 1.29 is 38.1 Å². The smallest absolute Gasteiger partial charge is 0.481 e. The van der Waals surface area contributed by atoms with E-state index in [9.17, 15) is 18.0 Å². The highest BCUT2D eigenvalue weighted by Crippen LogP contribution is 2.24. The minimum absolute atomic E-state index is 0.0155. The number of carboxylic acids is 2. The minimum Gasteiger partial charge on any atom is -0.481 e. The third kappa shape index (κ3) is 10.1. The lowest BCUT2D eigenvalue weighted by Gasteiger charge is -2.32. The maximum Gasteiger partial charge on any atom is 0.490 e. The van der Waals surface area contributed by atoms with E-state index in [2.05, 4.69) is 25.6 Å². The number of nitrogens with one attached hydrogen (secondary N) is 2. The van der Waals surface area contributed by atoms with Crippen LogP contribution in [-0.2, 0) is 9.59 Å². The van der Waals surface area contributed by atoms with Crippen LogP contribution >= 0.6 is 0 Å². The van der Waals surface area contributed by atoms with Crippen LogP contribution in [0.15, 0.2) is 0 Å². The fraction of sp³-hybridized carbons (Fsp3) is 0.706. The van der Waals surface area contributed by atoms with Crippen molar-refractivity contribution in [2.75, 3.05) is 41.8 Å². The Hall–Kier alpha value is -2.90.